The van der Waals surface area contributed by atoms with Gasteiger partial charge in [0.15, 0.2) is 5.65 Å². The fourth-order valence-electron chi connectivity index (χ4n) is 2.84. The van der Waals surface area contributed by atoms with Crippen LogP contribution in [-0.2, 0) is 6.42 Å². The fourth-order valence-corrected chi connectivity index (χ4v) is 2.84. The number of imidazole rings is 1. The van der Waals surface area contributed by atoms with Crippen molar-refractivity contribution in [3.8, 4) is 11.3 Å². The Morgan fingerprint density at radius 1 is 0.913 bits per heavy atom. The van der Waals surface area contributed by atoms with Gasteiger partial charge in [-0.15, -0.1) is 0 Å². The molecule has 0 N–H and O–H groups in total. The Morgan fingerprint density at radius 3 is 2.61 bits per heavy atom. The molecule has 0 amide bonds. The van der Waals surface area contributed by atoms with Crippen molar-refractivity contribution in [2.24, 2.45) is 0 Å². The molecule has 0 unspecified atom stereocenters. The lowest BCUT2D eigenvalue weighted by molar-refractivity contribution is 0.879. The van der Waals surface area contributed by atoms with E-state index in [1.807, 2.05) is 35.0 Å². The average Bonchev–Trinajstić information content (AvgIpc) is 2.99. The molecule has 0 saturated heterocycles. The molecule has 0 saturated carbocycles. The maximum atomic E-state index is 4.79. The molecule has 2 aromatic carbocycles. The number of benzene rings is 2. The van der Waals surface area contributed by atoms with E-state index < -0.39 is 0 Å². The lowest BCUT2D eigenvalue weighted by atomic mass is 10.1. The molecular formula is C20H17N3. The van der Waals surface area contributed by atoms with Crippen molar-refractivity contribution in [3.63, 3.8) is 0 Å². The van der Waals surface area contributed by atoms with Crippen LogP contribution in [0.1, 0.15) is 16.8 Å². The zero-order valence-electron chi connectivity index (χ0n) is 13.0. The number of rotatable bonds is 3. The highest BCUT2D eigenvalue weighted by Gasteiger charge is 2.08. The van der Waals surface area contributed by atoms with Crippen LogP contribution in [0.25, 0.3) is 16.9 Å². The van der Waals surface area contributed by atoms with E-state index >= 15 is 0 Å². The topological polar surface area (TPSA) is 30.2 Å². The van der Waals surface area contributed by atoms with Gasteiger partial charge in [0.05, 0.1) is 17.6 Å². The van der Waals surface area contributed by atoms with E-state index in [1.165, 1.54) is 11.1 Å². The number of aryl methyl sites for hydroxylation is 1. The summed E-state index contributed by atoms with van der Waals surface area (Å²) in [4.78, 5) is 4.46. The summed E-state index contributed by atoms with van der Waals surface area (Å²) < 4.78 is 1.93. The minimum Gasteiger partial charge on any atom is -0.235 e. The van der Waals surface area contributed by atoms with Crippen molar-refractivity contribution in [1.29, 1.82) is 0 Å². The van der Waals surface area contributed by atoms with Crippen molar-refractivity contribution < 1.29 is 0 Å². The number of aromatic nitrogens is 3. The van der Waals surface area contributed by atoms with E-state index in [1.54, 1.807) is 0 Å². The maximum absolute atomic E-state index is 4.79. The third-order valence-electron chi connectivity index (χ3n) is 3.95. The van der Waals surface area contributed by atoms with Crippen LogP contribution >= 0.6 is 0 Å². The van der Waals surface area contributed by atoms with Crippen molar-refractivity contribution >= 4 is 5.65 Å². The molecule has 0 atom stereocenters. The van der Waals surface area contributed by atoms with Crippen LogP contribution in [0.2, 0.25) is 0 Å². The molecule has 0 aliphatic rings. The fraction of sp³-hybridized carbons (Fsp3) is 0.100. The Bertz CT molecular complexity index is 955. The Balaban J connectivity index is 1.75. The summed E-state index contributed by atoms with van der Waals surface area (Å²) in [5.41, 5.74) is 6.61. The second-order valence-corrected chi connectivity index (χ2v) is 5.77. The molecule has 0 spiro atoms. The lowest BCUT2D eigenvalue weighted by Crippen LogP contribution is -2.00. The number of hydrogen-bond donors (Lipinski definition) is 0. The standard InChI is InChI=1S/C20H17N3/c1-15-6-5-7-16(12-15)13-18-10-11-20-21-14-19(23(20)22-18)17-8-3-2-4-9-17/h2-12,14H,13H2,1H3. The van der Waals surface area contributed by atoms with Gasteiger partial charge in [0.1, 0.15) is 0 Å². The Labute approximate surface area is 135 Å². The van der Waals surface area contributed by atoms with Crippen LogP contribution in [-0.4, -0.2) is 14.6 Å². The normalized spacial score (nSPS) is 11.0. The van der Waals surface area contributed by atoms with E-state index in [0.717, 1.165) is 29.0 Å². The summed E-state index contributed by atoms with van der Waals surface area (Å²) in [6, 6.07) is 22.9. The first-order valence-corrected chi connectivity index (χ1v) is 7.74. The summed E-state index contributed by atoms with van der Waals surface area (Å²) in [7, 11) is 0. The molecule has 2 heterocycles. The van der Waals surface area contributed by atoms with Crippen LogP contribution in [0, 0.1) is 6.92 Å². The Kier molecular flexibility index (Phi) is 3.39. The molecule has 0 radical (unpaired) electrons. The van der Waals surface area contributed by atoms with Crippen LogP contribution in [0.5, 0.6) is 0 Å². The quantitative estimate of drug-likeness (QED) is 0.565. The van der Waals surface area contributed by atoms with Crippen molar-refractivity contribution in [3.05, 3.63) is 89.7 Å². The molecule has 2 aromatic heterocycles. The molecule has 0 aliphatic heterocycles. The summed E-state index contributed by atoms with van der Waals surface area (Å²) in [5, 5.41) is 4.79. The molecule has 23 heavy (non-hydrogen) atoms. The highest BCUT2D eigenvalue weighted by molar-refractivity contribution is 5.62. The molecule has 4 aromatic rings. The Hall–Kier alpha value is -2.94. The number of hydrogen-bond acceptors (Lipinski definition) is 2. The predicted molar refractivity (Wildman–Crippen MR) is 92.4 cm³/mol. The summed E-state index contributed by atoms with van der Waals surface area (Å²) in [6.45, 7) is 2.11. The van der Waals surface area contributed by atoms with Gasteiger partial charge in [0.25, 0.3) is 0 Å². The van der Waals surface area contributed by atoms with Gasteiger partial charge in [0, 0.05) is 12.0 Å². The molecule has 4 rings (SSSR count). The van der Waals surface area contributed by atoms with Crippen molar-refractivity contribution in [2.45, 2.75) is 13.3 Å². The highest BCUT2D eigenvalue weighted by atomic mass is 15.3. The van der Waals surface area contributed by atoms with Crippen LogP contribution in [0.3, 0.4) is 0 Å². The van der Waals surface area contributed by atoms with E-state index in [9.17, 15) is 0 Å². The van der Waals surface area contributed by atoms with Crippen molar-refractivity contribution in [1.82, 2.24) is 14.6 Å². The zero-order valence-corrected chi connectivity index (χ0v) is 13.0. The molecule has 0 bridgehead atoms. The third kappa shape index (κ3) is 2.73. The van der Waals surface area contributed by atoms with Crippen LogP contribution in [0.4, 0.5) is 0 Å². The smallest absolute Gasteiger partial charge is 0.154 e. The first-order valence-electron chi connectivity index (χ1n) is 7.74. The van der Waals surface area contributed by atoms with Crippen LogP contribution < -0.4 is 0 Å². The molecule has 3 heteroatoms. The summed E-state index contributed by atoms with van der Waals surface area (Å²) >= 11 is 0. The molecule has 0 aliphatic carbocycles. The molecule has 3 nitrogen and oxygen atoms in total. The first-order chi connectivity index (χ1) is 11.3. The van der Waals surface area contributed by atoms with E-state index in [4.69, 9.17) is 5.10 Å². The third-order valence-corrected chi connectivity index (χ3v) is 3.95. The van der Waals surface area contributed by atoms with Gasteiger partial charge < -0.3 is 0 Å². The van der Waals surface area contributed by atoms with E-state index in [-0.39, 0.29) is 0 Å². The minimum absolute atomic E-state index is 0.823. The second kappa shape index (κ2) is 5.69. The van der Waals surface area contributed by atoms with Gasteiger partial charge in [-0.25, -0.2) is 9.50 Å². The van der Waals surface area contributed by atoms with Gasteiger partial charge in [-0.2, -0.15) is 5.10 Å². The predicted octanol–water partition coefficient (Wildman–Crippen LogP) is 4.30. The molecule has 112 valence electrons. The van der Waals surface area contributed by atoms with Gasteiger partial charge in [-0.3, -0.25) is 0 Å². The van der Waals surface area contributed by atoms with Gasteiger partial charge in [-0.1, -0.05) is 60.2 Å². The Morgan fingerprint density at radius 2 is 1.78 bits per heavy atom. The van der Waals surface area contributed by atoms with Gasteiger partial charge >= 0.3 is 0 Å². The number of nitrogens with zero attached hydrogens (tertiary/aromatic N) is 3. The first kappa shape index (κ1) is 13.7. The second-order valence-electron chi connectivity index (χ2n) is 5.77. The zero-order chi connectivity index (χ0) is 15.6. The van der Waals surface area contributed by atoms with Crippen molar-refractivity contribution in [2.75, 3.05) is 0 Å². The molecule has 0 fully saturated rings. The van der Waals surface area contributed by atoms with Crippen LogP contribution in [0.15, 0.2) is 72.9 Å². The summed E-state index contributed by atoms with van der Waals surface area (Å²) in [6.07, 6.45) is 2.71. The SMILES string of the molecule is Cc1cccc(Cc2ccc3ncc(-c4ccccc4)n3n2)c1. The highest BCUT2D eigenvalue weighted by Crippen LogP contribution is 2.20. The number of fused-ring (bicyclic) bond motifs is 1. The van der Waals surface area contributed by atoms with E-state index in [0.29, 0.717) is 0 Å². The summed E-state index contributed by atoms with van der Waals surface area (Å²) in [5.74, 6) is 0. The minimum atomic E-state index is 0.823. The average molecular weight is 299 g/mol. The molecular weight excluding hydrogens is 282 g/mol. The van der Waals surface area contributed by atoms with Gasteiger partial charge in [0.2, 0.25) is 0 Å². The largest absolute Gasteiger partial charge is 0.235 e. The van der Waals surface area contributed by atoms with Gasteiger partial charge in [-0.05, 0) is 24.6 Å². The lowest BCUT2D eigenvalue weighted by Gasteiger charge is -2.05. The monoisotopic (exact) mass is 299 g/mol. The van der Waals surface area contributed by atoms with E-state index in [2.05, 4.69) is 54.4 Å². The maximum Gasteiger partial charge on any atom is 0.154 e.